The lowest BCUT2D eigenvalue weighted by Crippen LogP contribution is -2.18. The van der Waals surface area contributed by atoms with Crippen LogP contribution in [0.2, 0.25) is 8.67 Å². The number of primary amides is 1. The highest BCUT2D eigenvalue weighted by molar-refractivity contribution is 7.93. The number of carbonyl (C=O) groups is 1. The molecule has 1 amide bonds. The van der Waals surface area contributed by atoms with Crippen molar-refractivity contribution in [3.05, 3.63) is 26.1 Å². The molecular formula is C9H8Cl2N4O3S2. The molecule has 108 valence electrons. The number of halogens is 2. The van der Waals surface area contributed by atoms with Crippen molar-refractivity contribution >= 4 is 56.2 Å². The Morgan fingerprint density at radius 2 is 2.15 bits per heavy atom. The van der Waals surface area contributed by atoms with Crippen molar-refractivity contribution in [2.45, 2.75) is 11.8 Å². The number of thiophene rings is 1. The fourth-order valence-electron chi connectivity index (χ4n) is 1.43. The first-order chi connectivity index (χ1) is 9.22. The maximum Gasteiger partial charge on any atom is 0.271 e. The molecule has 2 heterocycles. The van der Waals surface area contributed by atoms with Gasteiger partial charge in [0.25, 0.3) is 15.9 Å². The molecule has 0 aliphatic carbocycles. The number of nitrogens with two attached hydrogens (primary N) is 1. The number of rotatable bonds is 4. The molecule has 0 saturated heterocycles. The van der Waals surface area contributed by atoms with Crippen LogP contribution in [0.4, 0.5) is 5.69 Å². The van der Waals surface area contributed by atoms with E-state index in [1.165, 1.54) is 6.07 Å². The van der Waals surface area contributed by atoms with Crippen LogP contribution in [0.1, 0.15) is 16.2 Å². The summed E-state index contributed by atoms with van der Waals surface area (Å²) < 4.78 is 26.9. The zero-order chi connectivity index (χ0) is 15.1. The summed E-state index contributed by atoms with van der Waals surface area (Å²) in [4.78, 5) is 11.0. The zero-order valence-electron chi connectivity index (χ0n) is 9.90. The minimum absolute atomic E-state index is 0.0177. The first-order valence-corrected chi connectivity index (χ1v) is 8.10. The average Bonchev–Trinajstić information content (AvgIpc) is 2.83. The normalized spacial score (nSPS) is 11.6. The van der Waals surface area contributed by atoms with Gasteiger partial charge < -0.3 is 5.73 Å². The molecule has 20 heavy (non-hydrogen) atoms. The molecule has 2 aromatic heterocycles. The summed E-state index contributed by atoms with van der Waals surface area (Å²) in [6, 6.07) is 1.22. The molecule has 4 N–H and O–H groups in total. The van der Waals surface area contributed by atoms with Crippen molar-refractivity contribution in [1.82, 2.24) is 10.2 Å². The topological polar surface area (TPSA) is 118 Å². The third kappa shape index (κ3) is 2.75. The minimum atomic E-state index is -4.00. The predicted octanol–water partition coefficient (Wildman–Crippen LogP) is 1.99. The summed E-state index contributed by atoms with van der Waals surface area (Å²) in [5, 5.41) is 6.12. The Morgan fingerprint density at radius 3 is 2.65 bits per heavy atom. The number of aromatic amines is 1. The smallest absolute Gasteiger partial charge is 0.271 e. The van der Waals surface area contributed by atoms with E-state index in [1.807, 2.05) is 0 Å². The third-order valence-electron chi connectivity index (χ3n) is 2.33. The van der Waals surface area contributed by atoms with Crippen molar-refractivity contribution < 1.29 is 13.2 Å². The van der Waals surface area contributed by atoms with Gasteiger partial charge in [0, 0.05) is 0 Å². The minimum Gasteiger partial charge on any atom is -0.364 e. The van der Waals surface area contributed by atoms with E-state index in [9.17, 15) is 13.2 Å². The molecule has 0 radical (unpaired) electrons. The summed E-state index contributed by atoms with van der Waals surface area (Å²) >= 11 is 12.4. The second-order valence-electron chi connectivity index (χ2n) is 3.73. The first kappa shape index (κ1) is 15.1. The number of aromatic nitrogens is 2. The van der Waals surface area contributed by atoms with Gasteiger partial charge in [-0.2, -0.15) is 5.10 Å². The molecule has 0 atom stereocenters. The van der Waals surface area contributed by atoms with Crippen LogP contribution in [-0.4, -0.2) is 24.5 Å². The van der Waals surface area contributed by atoms with Gasteiger partial charge in [0.2, 0.25) is 0 Å². The van der Waals surface area contributed by atoms with E-state index < -0.39 is 15.9 Å². The SMILES string of the molecule is Cc1[nH]nc(C(N)=O)c1NS(=O)(=O)c1cc(Cl)sc1Cl. The highest BCUT2D eigenvalue weighted by Crippen LogP contribution is 2.35. The molecule has 0 fully saturated rings. The van der Waals surface area contributed by atoms with E-state index in [1.54, 1.807) is 6.92 Å². The predicted molar refractivity (Wildman–Crippen MR) is 77.0 cm³/mol. The van der Waals surface area contributed by atoms with E-state index in [0.29, 0.717) is 5.69 Å². The zero-order valence-corrected chi connectivity index (χ0v) is 13.0. The largest absolute Gasteiger partial charge is 0.364 e. The van der Waals surface area contributed by atoms with Crippen molar-refractivity contribution in [3.8, 4) is 0 Å². The number of sulfonamides is 1. The number of aryl methyl sites for hydroxylation is 1. The second kappa shape index (κ2) is 5.24. The van der Waals surface area contributed by atoms with Gasteiger partial charge >= 0.3 is 0 Å². The van der Waals surface area contributed by atoms with Gasteiger partial charge in [-0.3, -0.25) is 14.6 Å². The monoisotopic (exact) mass is 354 g/mol. The molecule has 0 aliphatic rings. The van der Waals surface area contributed by atoms with Crippen LogP contribution in [0.5, 0.6) is 0 Å². The number of carbonyl (C=O) groups excluding carboxylic acids is 1. The molecule has 11 heteroatoms. The summed E-state index contributed by atoms with van der Waals surface area (Å²) in [6.45, 7) is 1.54. The van der Waals surface area contributed by atoms with Gasteiger partial charge in [-0.05, 0) is 13.0 Å². The number of hydrogen-bond donors (Lipinski definition) is 3. The maximum absolute atomic E-state index is 12.2. The highest BCUT2D eigenvalue weighted by Gasteiger charge is 2.25. The van der Waals surface area contributed by atoms with Crippen molar-refractivity contribution in [1.29, 1.82) is 0 Å². The maximum atomic E-state index is 12.2. The van der Waals surface area contributed by atoms with E-state index in [0.717, 1.165) is 11.3 Å². The Hall–Kier alpha value is -1.29. The molecule has 0 bridgehead atoms. The van der Waals surface area contributed by atoms with Crippen LogP contribution in [0.15, 0.2) is 11.0 Å². The summed E-state index contributed by atoms with van der Waals surface area (Å²) in [6.07, 6.45) is 0. The van der Waals surface area contributed by atoms with E-state index >= 15 is 0 Å². The average molecular weight is 355 g/mol. The molecule has 0 aromatic carbocycles. The van der Waals surface area contributed by atoms with E-state index in [2.05, 4.69) is 14.9 Å². The Balaban J connectivity index is 2.46. The van der Waals surface area contributed by atoms with Crippen LogP contribution < -0.4 is 10.5 Å². The lowest BCUT2D eigenvalue weighted by molar-refractivity contribution is 0.0996. The van der Waals surface area contributed by atoms with Crippen LogP contribution in [0, 0.1) is 6.92 Å². The Labute approximate surface area is 128 Å². The molecule has 2 rings (SSSR count). The number of amides is 1. The van der Waals surface area contributed by atoms with Gasteiger partial charge in [-0.15, -0.1) is 11.3 Å². The van der Waals surface area contributed by atoms with Crippen LogP contribution in [0.3, 0.4) is 0 Å². The molecule has 0 aliphatic heterocycles. The number of nitrogens with one attached hydrogen (secondary N) is 2. The number of anilines is 1. The first-order valence-electron chi connectivity index (χ1n) is 5.05. The fourth-order valence-corrected chi connectivity index (χ4v) is 4.71. The van der Waals surface area contributed by atoms with Crippen LogP contribution in [0.25, 0.3) is 0 Å². The second-order valence-corrected chi connectivity index (χ2v) is 7.67. The molecule has 0 unspecified atom stereocenters. The molecule has 2 aromatic rings. The van der Waals surface area contributed by atoms with Gasteiger partial charge in [-0.1, -0.05) is 23.2 Å². The summed E-state index contributed by atoms with van der Waals surface area (Å²) in [5.74, 6) is -0.860. The fraction of sp³-hybridized carbons (Fsp3) is 0.111. The van der Waals surface area contributed by atoms with E-state index in [-0.39, 0.29) is 24.9 Å². The van der Waals surface area contributed by atoms with Gasteiger partial charge in [0.1, 0.15) is 14.9 Å². The molecular weight excluding hydrogens is 347 g/mol. The number of hydrogen-bond acceptors (Lipinski definition) is 5. The Bertz CT molecular complexity index is 781. The highest BCUT2D eigenvalue weighted by atomic mass is 35.5. The van der Waals surface area contributed by atoms with Gasteiger partial charge in [0.15, 0.2) is 5.69 Å². The van der Waals surface area contributed by atoms with Crippen LogP contribution in [-0.2, 0) is 10.0 Å². The summed E-state index contributed by atoms with van der Waals surface area (Å²) in [7, 11) is -4.00. The van der Waals surface area contributed by atoms with Crippen molar-refractivity contribution in [2.75, 3.05) is 4.72 Å². The van der Waals surface area contributed by atoms with Crippen LogP contribution >= 0.6 is 34.5 Å². The Kier molecular flexibility index (Phi) is 3.96. The van der Waals surface area contributed by atoms with E-state index in [4.69, 9.17) is 28.9 Å². The lowest BCUT2D eigenvalue weighted by atomic mass is 10.3. The number of H-pyrrole nitrogens is 1. The van der Waals surface area contributed by atoms with Crippen molar-refractivity contribution in [3.63, 3.8) is 0 Å². The molecule has 0 spiro atoms. The number of nitrogens with zero attached hydrogens (tertiary/aromatic N) is 1. The van der Waals surface area contributed by atoms with Gasteiger partial charge in [0.05, 0.1) is 10.0 Å². The summed E-state index contributed by atoms with van der Waals surface area (Å²) in [5.41, 5.74) is 5.24. The Morgan fingerprint density at radius 1 is 1.50 bits per heavy atom. The van der Waals surface area contributed by atoms with Gasteiger partial charge in [-0.25, -0.2) is 8.42 Å². The van der Waals surface area contributed by atoms with Crippen molar-refractivity contribution in [2.24, 2.45) is 5.73 Å². The molecule has 7 nitrogen and oxygen atoms in total. The third-order valence-corrected chi connectivity index (χ3v) is 5.43. The lowest BCUT2D eigenvalue weighted by Gasteiger charge is -2.07. The molecule has 0 saturated carbocycles. The standard InChI is InChI=1S/C9H8Cl2N4O3S2/c1-3-6(7(9(12)16)14-13-3)15-20(17,18)4-2-5(10)19-8(4)11/h2,15H,1H3,(H2,12,16)(H,13,14). The quantitative estimate of drug-likeness (QED) is 0.777.